The van der Waals surface area contributed by atoms with Gasteiger partial charge in [-0.05, 0) is 61.2 Å². The minimum absolute atomic E-state index is 0.0870. The highest BCUT2D eigenvalue weighted by Crippen LogP contribution is 2.27. The molecule has 1 aromatic carbocycles. The molecule has 26 heavy (non-hydrogen) atoms. The Morgan fingerprint density at radius 1 is 1.46 bits per heavy atom. The third-order valence-corrected chi connectivity index (χ3v) is 4.12. The van der Waals surface area contributed by atoms with Crippen molar-refractivity contribution in [2.45, 2.75) is 25.9 Å². The van der Waals surface area contributed by atoms with Crippen LogP contribution >= 0.6 is 0 Å². The lowest BCUT2D eigenvalue weighted by molar-refractivity contribution is 0.143. The van der Waals surface area contributed by atoms with Crippen LogP contribution in [0.3, 0.4) is 0 Å². The van der Waals surface area contributed by atoms with Gasteiger partial charge in [0.15, 0.2) is 0 Å². The van der Waals surface area contributed by atoms with E-state index in [4.69, 9.17) is 10.6 Å². The van der Waals surface area contributed by atoms with Crippen LogP contribution in [-0.2, 0) is 4.74 Å². The molecule has 1 heterocycles. The number of benzene rings is 1. The summed E-state index contributed by atoms with van der Waals surface area (Å²) in [5.74, 6) is 5.49. The number of hydrogen-bond donors (Lipinski definition) is 2. The fourth-order valence-electron chi connectivity index (χ4n) is 2.94. The Labute approximate surface area is 154 Å². The van der Waals surface area contributed by atoms with Crippen molar-refractivity contribution in [1.29, 1.82) is 0 Å². The molecule has 0 amide bonds. The zero-order valence-electron chi connectivity index (χ0n) is 15.2. The molecule has 138 valence electrons. The summed E-state index contributed by atoms with van der Waals surface area (Å²) in [5, 5.41) is 6.83. The van der Waals surface area contributed by atoms with E-state index in [0.717, 1.165) is 30.6 Å². The zero-order chi connectivity index (χ0) is 18.9. The molecule has 0 saturated carbocycles. The normalized spacial score (nSPS) is 18.3. The second kappa shape index (κ2) is 9.73. The first kappa shape index (κ1) is 19.7. The second-order valence-corrected chi connectivity index (χ2v) is 6.22. The van der Waals surface area contributed by atoms with Crippen LogP contribution < -0.4 is 11.2 Å². The molecule has 1 atom stereocenters. The zero-order valence-corrected chi connectivity index (χ0v) is 15.2. The fourth-order valence-corrected chi connectivity index (χ4v) is 2.94. The average molecular weight is 355 g/mol. The number of allylic oxidation sites excluding steroid dienone is 5. The highest BCUT2D eigenvalue weighted by molar-refractivity contribution is 5.87. The number of ether oxygens (including phenoxy) is 1. The Morgan fingerprint density at radius 2 is 2.27 bits per heavy atom. The van der Waals surface area contributed by atoms with Gasteiger partial charge in [0.05, 0.1) is 6.21 Å². The van der Waals surface area contributed by atoms with Crippen LogP contribution in [-0.4, -0.2) is 25.4 Å². The van der Waals surface area contributed by atoms with Gasteiger partial charge in [-0.15, -0.1) is 6.58 Å². The minimum atomic E-state index is -0.300. The predicted octanol–water partition coefficient (Wildman–Crippen LogP) is 3.86. The third-order valence-electron chi connectivity index (χ3n) is 4.12. The number of nitrogens with two attached hydrogens (primary N) is 1. The van der Waals surface area contributed by atoms with Gasteiger partial charge in [0, 0.05) is 12.1 Å². The number of halogens is 1. The van der Waals surface area contributed by atoms with Crippen molar-refractivity contribution < 1.29 is 9.13 Å². The van der Waals surface area contributed by atoms with Gasteiger partial charge < -0.3 is 15.9 Å². The second-order valence-electron chi connectivity index (χ2n) is 6.22. The summed E-state index contributed by atoms with van der Waals surface area (Å²) in [5.41, 5.74) is 2.80. The number of hydrogen-bond acceptors (Lipinski definition) is 4. The monoisotopic (exact) mass is 355 g/mol. The summed E-state index contributed by atoms with van der Waals surface area (Å²) >= 11 is 0. The van der Waals surface area contributed by atoms with Crippen molar-refractivity contribution in [3.05, 3.63) is 77.9 Å². The van der Waals surface area contributed by atoms with Gasteiger partial charge in [-0.3, -0.25) is 0 Å². The highest BCUT2D eigenvalue weighted by atomic mass is 19.1. The molecule has 3 N–H and O–H groups in total. The van der Waals surface area contributed by atoms with Gasteiger partial charge in [0.2, 0.25) is 0 Å². The number of nitrogens with one attached hydrogen (secondary N) is 1. The summed E-state index contributed by atoms with van der Waals surface area (Å²) in [7, 11) is 0. The first-order valence-electron chi connectivity index (χ1n) is 8.63. The smallest absolute Gasteiger partial charge is 0.131 e. The molecule has 1 saturated heterocycles. The van der Waals surface area contributed by atoms with E-state index in [1.165, 1.54) is 12.3 Å². The molecule has 1 fully saturated rings. The Hall–Kier alpha value is -2.66. The molecule has 5 heteroatoms. The molecular weight excluding hydrogens is 329 g/mol. The van der Waals surface area contributed by atoms with Crippen molar-refractivity contribution >= 4 is 11.8 Å². The van der Waals surface area contributed by atoms with Crippen molar-refractivity contribution in [3.63, 3.8) is 0 Å². The number of rotatable bonds is 8. The lowest BCUT2D eigenvalue weighted by atomic mass is 9.96. The van der Waals surface area contributed by atoms with Gasteiger partial charge in [-0.25, -0.2) is 4.39 Å². The van der Waals surface area contributed by atoms with Gasteiger partial charge in [0.1, 0.15) is 17.7 Å². The van der Waals surface area contributed by atoms with Gasteiger partial charge >= 0.3 is 0 Å². The molecule has 1 aromatic rings. The predicted molar refractivity (Wildman–Crippen MR) is 106 cm³/mol. The Morgan fingerprint density at radius 3 is 2.88 bits per heavy atom. The third kappa shape index (κ3) is 5.43. The van der Waals surface area contributed by atoms with Crippen LogP contribution in [0.25, 0.3) is 5.57 Å². The standard InChI is InChI=1S/C21H26FN3O/c1-4-6-17(13-25-23)12-18(21-15(2)7-5-8-20(21)22)11-16(3)26-19-9-10-24-14-19/h4-5,7-8,11-13,19,24H,1,3,6,9-10,14,23H2,2H3/b17-12+,18-11+,25-13-. The van der Waals surface area contributed by atoms with Crippen LogP contribution in [0.1, 0.15) is 24.0 Å². The van der Waals surface area contributed by atoms with E-state index in [-0.39, 0.29) is 11.9 Å². The molecule has 0 spiro atoms. The SMILES string of the molecule is C=CCC(/C=N\N)=C\C(=C/C(=C)OC1CCNC1)c1c(C)cccc1F. The van der Waals surface area contributed by atoms with Crippen LogP contribution in [0.15, 0.2) is 66.0 Å². The Kier molecular flexibility index (Phi) is 7.36. The van der Waals surface area contributed by atoms with E-state index in [1.807, 2.05) is 19.1 Å². The number of hydrazone groups is 1. The van der Waals surface area contributed by atoms with Gasteiger partial charge in [-0.2, -0.15) is 5.10 Å². The average Bonchev–Trinajstić information content (AvgIpc) is 3.07. The number of aryl methyl sites for hydroxylation is 1. The van der Waals surface area contributed by atoms with E-state index in [9.17, 15) is 4.39 Å². The molecule has 0 aromatic heterocycles. The van der Waals surface area contributed by atoms with E-state index < -0.39 is 0 Å². The van der Waals surface area contributed by atoms with Crippen LogP contribution in [0.2, 0.25) is 0 Å². The molecule has 2 rings (SSSR count). The maximum absolute atomic E-state index is 14.5. The molecular formula is C21H26FN3O. The molecule has 1 aliphatic rings. The molecule has 1 unspecified atom stereocenters. The maximum Gasteiger partial charge on any atom is 0.131 e. The van der Waals surface area contributed by atoms with E-state index in [0.29, 0.717) is 23.3 Å². The van der Waals surface area contributed by atoms with Crippen LogP contribution in [0, 0.1) is 12.7 Å². The minimum Gasteiger partial charge on any atom is -0.490 e. The maximum atomic E-state index is 14.5. The van der Waals surface area contributed by atoms with Gasteiger partial charge in [-0.1, -0.05) is 24.8 Å². The fraction of sp³-hybridized carbons (Fsp3) is 0.286. The van der Waals surface area contributed by atoms with E-state index in [2.05, 4.69) is 23.6 Å². The quantitative estimate of drug-likeness (QED) is 0.186. The Bertz CT molecular complexity index is 723. The topological polar surface area (TPSA) is 59.6 Å². The van der Waals surface area contributed by atoms with Crippen LogP contribution in [0.5, 0.6) is 0 Å². The molecule has 4 nitrogen and oxygen atoms in total. The van der Waals surface area contributed by atoms with Crippen molar-refractivity contribution in [1.82, 2.24) is 5.32 Å². The van der Waals surface area contributed by atoms with Crippen molar-refractivity contribution in [2.24, 2.45) is 10.9 Å². The van der Waals surface area contributed by atoms with E-state index in [1.54, 1.807) is 18.2 Å². The molecule has 0 aliphatic carbocycles. The first-order valence-corrected chi connectivity index (χ1v) is 8.63. The first-order chi connectivity index (χ1) is 12.5. The molecule has 1 aliphatic heterocycles. The molecule has 0 bridgehead atoms. The van der Waals surface area contributed by atoms with Crippen molar-refractivity contribution in [3.8, 4) is 0 Å². The summed E-state index contributed by atoms with van der Waals surface area (Å²) in [6.45, 7) is 11.3. The summed E-state index contributed by atoms with van der Waals surface area (Å²) in [4.78, 5) is 0. The summed E-state index contributed by atoms with van der Waals surface area (Å²) in [6, 6.07) is 5.00. The van der Waals surface area contributed by atoms with Crippen molar-refractivity contribution in [2.75, 3.05) is 13.1 Å². The largest absolute Gasteiger partial charge is 0.490 e. The van der Waals surface area contributed by atoms with Gasteiger partial charge in [0.25, 0.3) is 0 Å². The van der Waals surface area contributed by atoms with Crippen LogP contribution in [0.4, 0.5) is 4.39 Å². The van der Waals surface area contributed by atoms with E-state index >= 15 is 0 Å². The lowest BCUT2D eigenvalue weighted by Crippen LogP contribution is -2.15. The lowest BCUT2D eigenvalue weighted by Gasteiger charge is -2.15. The number of nitrogens with zero attached hydrogens (tertiary/aromatic N) is 1. The Balaban J connectivity index is 2.43. The molecule has 0 radical (unpaired) electrons. The summed E-state index contributed by atoms with van der Waals surface area (Å²) < 4.78 is 20.4. The highest BCUT2D eigenvalue weighted by Gasteiger charge is 2.17. The summed E-state index contributed by atoms with van der Waals surface area (Å²) in [6.07, 6.45) is 8.46.